The van der Waals surface area contributed by atoms with Gasteiger partial charge in [-0.3, -0.25) is 9.59 Å². The van der Waals surface area contributed by atoms with Crippen molar-refractivity contribution in [3.8, 4) is 11.5 Å². The number of hydrogen-bond acceptors (Lipinski definition) is 6. The van der Waals surface area contributed by atoms with Gasteiger partial charge in [0.05, 0.1) is 10.6 Å². The average molecular weight is 371 g/mol. The maximum atomic E-state index is 12.2. The van der Waals surface area contributed by atoms with E-state index >= 15 is 0 Å². The molecule has 0 aromatic heterocycles. The van der Waals surface area contributed by atoms with Gasteiger partial charge in [0.25, 0.3) is 11.8 Å². The highest BCUT2D eigenvalue weighted by atomic mass is 35.5. The lowest BCUT2D eigenvalue weighted by Crippen LogP contribution is -2.45. The van der Waals surface area contributed by atoms with Crippen molar-refractivity contribution in [1.82, 2.24) is 5.01 Å². The maximum Gasteiger partial charge on any atom is 0.278 e. The number of nitrogens with zero attached hydrogens (tertiary/aromatic N) is 1. The number of nitrogens with two attached hydrogens (primary N) is 1. The minimum absolute atomic E-state index is 0.142. The number of aliphatic hydroxyl groups is 1. The third-order valence-corrected chi connectivity index (χ3v) is 3.69. The van der Waals surface area contributed by atoms with Gasteiger partial charge in [0, 0.05) is 11.1 Å². The molecule has 0 radical (unpaired) electrons. The van der Waals surface area contributed by atoms with E-state index < -0.39 is 35.0 Å². The van der Waals surface area contributed by atoms with E-state index in [0.717, 1.165) is 12.1 Å². The summed E-state index contributed by atoms with van der Waals surface area (Å²) in [4.78, 5) is 24.4. The first-order valence-electron chi connectivity index (χ1n) is 6.50. The van der Waals surface area contributed by atoms with Gasteiger partial charge in [0.2, 0.25) is 0 Å². The monoisotopic (exact) mass is 370 g/mol. The van der Waals surface area contributed by atoms with Crippen molar-refractivity contribution in [3.05, 3.63) is 57.6 Å². The maximum absolute atomic E-state index is 12.2. The van der Waals surface area contributed by atoms with E-state index in [1.54, 1.807) is 6.07 Å². The standard InChI is InChI=1S/C15H12Cl2N2O5/c16-8-3-1-2-7(4-8)13(22)15(24)19(18)14(23)9-5-10(17)12(21)6-11(9)20/h1-6,13,20-22H,18H2. The van der Waals surface area contributed by atoms with Crippen LogP contribution in [0.2, 0.25) is 10.0 Å². The molecule has 24 heavy (non-hydrogen) atoms. The Morgan fingerprint density at radius 3 is 2.38 bits per heavy atom. The van der Waals surface area contributed by atoms with Crippen molar-refractivity contribution in [2.75, 3.05) is 0 Å². The molecule has 0 aliphatic carbocycles. The third kappa shape index (κ3) is 3.60. The predicted octanol–water partition coefficient (Wildman–Crippen LogP) is 1.98. The van der Waals surface area contributed by atoms with Gasteiger partial charge in [-0.05, 0) is 23.8 Å². The number of aromatic hydroxyl groups is 2. The van der Waals surface area contributed by atoms with Crippen molar-refractivity contribution >= 4 is 35.0 Å². The number of imide groups is 1. The Labute approximate surface area is 146 Å². The molecule has 0 fully saturated rings. The number of benzene rings is 2. The van der Waals surface area contributed by atoms with E-state index in [0.29, 0.717) is 0 Å². The molecule has 2 aromatic carbocycles. The number of rotatable bonds is 3. The van der Waals surface area contributed by atoms with Crippen molar-refractivity contribution in [1.29, 1.82) is 0 Å². The fourth-order valence-corrected chi connectivity index (χ4v) is 2.27. The molecule has 0 heterocycles. The molecular formula is C15H12Cl2N2O5. The average Bonchev–Trinajstić information content (AvgIpc) is 2.55. The number of phenols is 2. The zero-order valence-corrected chi connectivity index (χ0v) is 13.5. The molecule has 0 saturated carbocycles. The molecule has 126 valence electrons. The number of carbonyl (C=O) groups excluding carboxylic acids is 2. The molecule has 2 amide bonds. The van der Waals surface area contributed by atoms with Crippen LogP contribution in [-0.2, 0) is 4.79 Å². The molecule has 0 saturated heterocycles. The summed E-state index contributed by atoms with van der Waals surface area (Å²) in [6, 6.07) is 7.63. The predicted molar refractivity (Wildman–Crippen MR) is 86.6 cm³/mol. The molecule has 2 aromatic rings. The third-order valence-electron chi connectivity index (χ3n) is 3.15. The molecular weight excluding hydrogens is 359 g/mol. The summed E-state index contributed by atoms with van der Waals surface area (Å²) in [5.74, 6) is 2.14. The lowest BCUT2D eigenvalue weighted by molar-refractivity contribution is -0.138. The van der Waals surface area contributed by atoms with Crippen LogP contribution in [0.25, 0.3) is 0 Å². The Kier molecular flexibility index (Phi) is 5.30. The number of hydrogen-bond donors (Lipinski definition) is 4. The SMILES string of the molecule is NN(C(=O)c1cc(Cl)c(O)cc1O)C(=O)C(O)c1cccc(Cl)c1. The van der Waals surface area contributed by atoms with Crippen molar-refractivity contribution in [2.45, 2.75) is 6.10 Å². The molecule has 7 nitrogen and oxygen atoms in total. The van der Waals surface area contributed by atoms with Crippen LogP contribution in [0.5, 0.6) is 11.5 Å². The summed E-state index contributed by atoms with van der Waals surface area (Å²) in [6.07, 6.45) is -1.73. The van der Waals surface area contributed by atoms with Crippen LogP contribution >= 0.6 is 23.2 Å². The number of aliphatic hydroxyl groups excluding tert-OH is 1. The minimum Gasteiger partial charge on any atom is -0.507 e. The number of amides is 2. The zero-order chi connectivity index (χ0) is 18.0. The second-order valence-corrected chi connectivity index (χ2v) is 5.64. The number of carbonyl (C=O) groups is 2. The van der Waals surface area contributed by atoms with Gasteiger partial charge in [-0.2, -0.15) is 0 Å². The Morgan fingerprint density at radius 2 is 1.75 bits per heavy atom. The molecule has 0 aliphatic rings. The first kappa shape index (κ1) is 18.0. The fourth-order valence-electron chi connectivity index (χ4n) is 1.90. The summed E-state index contributed by atoms with van der Waals surface area (Å²) < 4.78 is 0. The molecule has 9 heteroatoms. The quantitative estimate of drug-likeness (QED) is 0.372. The molecule has 5 N–H and O–H groups in total. The van der Waals surface area contributed by atoms with Crippen LogP contribution in [0.4, 0.5) is 0 Å². The van der Waals surface area contributed by atoms with Crippen molar-refractivity contribution in [2.24, 2.45) is 5.84 Å². The number of halogens is 2. The van der Waals surface area contributed by atoms with Crippen molar-refractivity contribution in [3.63, 3.8) is 0 Å². The normalized spacial score (nSPS) is 11.8. The lowest BCUT2D eigenvalue weighted by Gasteiger charge is -2.19. The summed E-state index contributed by atoms with van der Waals surface area (Å²) in [5, 5.41) is 29.3. The highest BCUT2D eigenvalue weighted by Gasteiger charge is 2.29. The van der Waals surface area contributed by atoms with Crippen LogP contribution in [0.15, 0.2) is 36.4 Å². The van der Waals surface area contributed by atoms with Gasteiger partial charge in [-0.15, -0.1) is 0 Å². The van der Waals surface area contributed by atoms with Gasteiger partial charge in [-0.25, -0.2) is 10.9 Å². The first-order valence-corrected chi connectivity index (χ1v) is 7.26. The molecule has 1 unspecified atom stereocenters. The van der Waals surface area contributed by atoms with Gasteiger partial charge < -0.3 is 15.3 Å². The smallest absolute Gasteiger partial charge is 0.278 e. The Hall–Kier alpha value is -2.32. The topological polar surface area (TPSA) is 124 Å². The van der Waals surface area contributed by atoms with Crippen LogP contribution in [0.3, 0.4) is 0 Å². The molecule has 1 atom stereocenters. The molecule has 0 spiro atoms. The Morgan fingerprint density at radius 1 is 1.08 bits per heavy atom. The zero-order valence-electron chi connectivity index (χ0n) is 12.0. The van der Waals surface area contributed by atoms with Gasteiger partial charge >= 0.3 is 0 Å². The van der Waals surface area contributed by atoms with Gasteiger partial charge in [0.15, 0.2) is 6.10 Å². The van der Waals surface area contributed by atoms with Crippen LogP contribution in [0.1, 0.15) is 22.0 Å². The summed E-state index contributed by atoms with van der Waals surface area (Å²) in [7, 11) is 0. The van der Waals surface area contributed by atoms with Gasteiger partial charge in [0.1, 0.15) is 11.5 Å². The summed E-state index contributed by atoms with van der Waals surface area (Å²) in [5.41, 5.74) is -0.268. The van der Waals surface area contributed by atoms with E-state index in [-0.39, 0.29) is 20.6 Å². The Balaban J connectivity index is 2.27. The summed E-state index contributed by atoms with van der Waals surface area (Å²) >= 11 is 11.4. The van der Waals surface area contributed by atoms with E-state index in [1.165, 1.54) is 18.2 Å². The molecule has 0 bridgehead atoms. The first-order chi connectivity index (χ1) is 11.2. The van der Waals surface area contributed by atoms with Crippen LogP contribution in [-0.4, -0.2) is 32.1 Å². The molecule has 2 rings (SSSR count). The van der Waals surface area contributed by atoms with Crippen LogP contribution in [0, 0.1) is 0 Å². The van der Waals surface area contributed by atoms with Crippen molar-refractivity contribution < 1.29 is 24.9 Å². The minimum atomic E-state index is -1.73. The second-order valence-electron chi connectivity index (χ2n) is 4.79. The Bertz CT molecular complexity index is 812. The van der Waals surface area contributed by atoms with E-state index in [4.69, 9.17) is 29.0 Å². The number of hydrazine groups is 1. The van der Waals surface area contributed by atoms with E-state index in [2.05, 4.69) is 0 Å². The second kappa shape index (κ2) is 7.06. The fraction of sp³-hybridized carbons (Fsp3) is 0.0667. The molecule has 0 aliphatic heterocycles. The number of phenolic OH excluding ortho intramolecular Hbond substituents is 2. The highest BCUT2D eigenvalue weighted by molar-refractivity contribution is 6.32. The van der Waals surface area contributed by atoms with E-state index in [1.807, 2.05) is 0 Å². The largest absolute Gasteiger partial charge is 0.507 e. The van der Waals surface area contributed by atoms with Gasteiger partial charge in [-0.1, -0.05) is 35.3 Å². The van der Waals surface area contributed by atoms with E-state index in [9.17, 15) is 24.9 Å². The highest BCUT2D eigenvalue weighted by Crippen LogP contribution is 2.31. The van der Waals surface area contributed by atoms with Crippen LogP contribution < -0.4 is 5.84 Å². The lowest BCUT2D eigenvalue weighted by atomic mass is 10.1. The summed E-state index contributed by atoms with van der Waals surface area (Å²) in [6.45, 7) is 0.